The lowest BCUT2D eigenvalue weighted by atomic mass is 10.3. The molecule has 2 rings (SSSR count). The molecule has 2 aromatic rings. The normalized spacial score (nSPS) is 11.5. The Balaban J connectivity index is 2.03. The van der Waals surface area contributed by atoms with Gasteiger partial charge in [0.25, 0.3) is 0 Å². The maximum absolute atomic E-state index is 12.1. The lowest BCUT2D eigenvalue weighted by Crippen LogP contribution is -2.24. The van der Waals surface area contributed by atoms with Crippen LogP contribution in [-0.2, 0) is 23.6 Å². The van der Waals surface area contributed by atoms with Gasteiger partial charge in [-0.05, 0) is 24.3 Å². The number of benzene rings is 1. The van der Waals surface area contributed by atoms with Crippen LogP contribution in [0.3, 0.4) is 0 Å². The summed E-state index contributed by atoms with van der Waals surface area (Å²) < 4.78 is 33.7. The largest absolute Gasteiger partial charge is 0.492 e. The molecule has 1 aromatic heterocycles. The average molecular weight is 311 g/mol. The highest BCUT2D eigenvalue weighted by molar-refractivity contribution is 7.89. The van der Waals surface area contributed by atoms with E-state index >= 15 is 0 Å². The first-order chi connectivity index (χ1) is 10.0. The predicted octanol–water partition coefficient (Wildman–Crippen LogP) is -0.369. The summed E-state index contributed by atoms with van der Waals surface area (Å²) in [6.45, 7) is 0.861. The molecule has 0 aliphatic heterocycles. The van der Waals surface area contributed by atoms with E-state index in [2.05, 4.69) is 14.9 Å². The number of nitrogens with one attached hydrogen (secondary N) is 1. The smallest absolute Gasteiger partial charge is 0.240 e. The Kier molecular flexibility index (Phi) is 4.89. The average Bonchev–Trinajstić information content (AvgIpc) is 2.89. The number of aryl methyl sites for hydroxylation is 1. The molecule has 0 saturated heterocycles. The fraction of sp³-hybridized carbons (Fsp3) is 0.333. The second-order valence-electron chi connectivity index (χ2n) is 4.29. The van der Waals surface area contributed by atoms with Crippen molar-refractivity contribution < 1.29 is 13.2 Å². The van der Waals surface area contributed by atoms with Crippen molar-refractivity contribution in [3.63, 3.8) is 0 Å². The van der Waals surface area contributed by atoms with Crippen molar-refractivity contribution >= 4 is 10.0 Å². The molecule has 0 fully saturated rings. The number of rotatable bonds is 7. The Bertz CT molecular complexity index is 681. The second-order valence-corrected chi connectivity index (χ2v) is 6.06. The van der Waals surface area contributed by atoms with Crippen LogP contribution in [0.2, 0.25) is 0 Å². The van der Waals surface area contributed by atoms with Crippen molar-refractivity contribution in [1.29, 1.82) is 0 Å². The lowest BCUT2D eigenvalue weighted by molar-refractivity contribution is 0.328. The van der Waals surface area contributed by atoms with Crippen molar-refractivity contribution in [3.8, 4) is 5.75 Å². The van der Waals surface area contributed by atoms with Crippen LogP contribution in [0.5, 0.6) is 5.75 Å². The molecule has 1 heterocycles. The number of hydrogen-bond donors (Lipinski definition) is 2. The van der Waals surface area contributed by atoms with Crippen molar-refractivity contribution in [2.24, 2.45) is 12.8 Å². The first-order valence-corrected chi connectivity index (χ1v) is 7.77. The van der Waals surface area contributed by atoms with Crippen LogP contribution in [0, 0.1) is 0 Å². The van der Waals surface area contributed by atoms with Gasteiger partial charge in [-0.15, -0.1) is 10.2 Å². The summed E-state index contributed by atoms with van der Waals surface area (Å²) in [5.74, 6) is 1.11. The highest BCUT2D eigenvalue weighted by Gasteiger charge is 2.15. The van der Waals surface area contributed by atoms with E-state index in [9.17, 15) is 8.42 Å². The molecule has 3 N–H and O–H groups in total. The van der Waals surface area contributed by atoms with Gasteiger partial charge in [-0.3, -0.25) is 0 Å². The van der Waals surface area contributed by atoms with Crippen molar-refractivity contribution in [2.45, 2.75) is 11.4 Å². The molecule has 0 radical (unpaired) electrons. The van der Waals surface area contributed by atoms with Gasteiger partial charge in [0, 0.05) is 13.6 Å². The number of nitrogens with zero attached hydrogens (tertiary/aromatic N) is 3. The molecule has 114 valence electrons. The Morgan fingerprint density at radius 1 is 1.33 bits per heavy atom. The molecule has 9 heteroatoms. The van der Waals surface area contributed by atoms with Crippen LogP contribution in [-0.4, -0.2) is 36.3 Å². The summed E-state index contributed by atoms with van der Waals surface area (Å²) in [5.41, 5.74) is 5.33. The summed E-state index contributed by atoms with van der Waals surface area (Å²) in [5, 5.41) is 7.50. The van der Waals surface area contributed by atoms with Crippen LogP contribution in [0.4, 0.5) is 0 Å². The summed E-state index contributed by atoms with van der Waals surface area (Å²) in [7, 11) is -1.86. The highest BCUT2D eigenvalue weighted by atomic mass is 32.2. The first-order valence-electron chi connectivity index (χ1n) is 6.28. The van der Waals surface area contributed by atoms with Gasteiger partial charge in [-0.1, -0.05) is 0 Å². The minimum Gasteiger partial charge on any atom is -0.492 e. The minimum absolute atomic E-state index is 0.0737. The molecule has 8 nitrogen and oxygen atoms in total. The van der Waals surface area contributed by atoms with Gasteiger partial charge in [0.1, 0.15) is 24.5 Å². The van der Waals surface area contributed by atoms with Gasteiger partial charge in [-0.25, -0.2) is 13.1 Å². The lowest BCUT2D eigenvalue weighted by Gasteiger charge is -2.08. The van der Waals surface area contributed by atoms with E-state index in [0.29, 0.717) is 24.7 Å². The fourth-order valence-electron chi connectivity index (χ4n) is 1.60. The third-order valence-electron chi connectivity index (χ3n) is 2.75. The number of aromatic nitrogens is 3. The third-order valence-corrected chi connectivity index (χ3v) is 4.16. The van der Waals surface area contributed by atoms with Crippen LogP contribution in [0.1, 0.15) is 5.82 Å². The summed E-state index contributed by atoms with van der Waals surface area (Å²) in [4.78, 5) is 0.157. The van der Waals surface area contributed by atoms with Gasteiger partial charge in [0.05, 0.1) is 11.4 Å². The molecule has 0 amide bonds. The second kappa shape index (κ2) is 6.66. The van der Waals surface area contributed by atoms with E-state index in [0.717, 1.165) is 0 Å². The molecule has 0 aliphatic carbocycles. The molecule has 0 unspecified atom stereocenters. The predicted molar refractivity (Wildman–Crippen MR) is 76.0 cm³/mol. The molecule has 1 aromatic carbocycles. The monoisotopic (exact) mass is 311 g/mol. The zero-order valence-electron chi connectivity index (χ0n) is 11.6. The number of hydrogen-bond acceptors (Lipinski definition) is 6. The fourth-order valence-corrected chi connectivity index (χ4v) is 2.58. The third kappa shape index (κ3) is 4.00. The van der Waals surface area contributed by atoms with Crippen molar-refractivity contribution in [3.05, 3.63) is 36.4 Å². The molecule has 21 heavy (non-hydrogen) atoms. The number of sulfonamides is 1. The van der Waals surface area contributed by atoms with E-state index < -0.39 is 10.0 Å². The first kappa shape index (κ1) is 15.4. The van der Waals surface area contributed by atoms with Gasteiger partial charge < -0.3 is 15.0 Å². The Morgan fingerprint density at radius 3 is 2.62 bits per heavy atom. The zero-order chi connectivity index (χ0) is 15.3. The molecule has 0 aliphatic rings. The Hall–Kier alpha value is -1.97. The van der Waals surface area contributed by atoms with Gasteiger partial charge in [0.2, 0.25) is 10.0 Å². The van der Waals surface area contributed by atoms with Crippen molar-refractivity contribution in [2.75, 3.05) is 13.2 Å². The van der Waals surface area contributed by atoms with Gasteiger partial charge in [0.15, 0.2) is 0 Å². The Morgan fingerprint density at radius 2 is 2.05 bits per heavy atom. The van der Waals surface area contributed by atoms with E-state index in [4.69, 9.17) is 10.5 Å². The van der Waals surface area contributed by atoms with Crippen LogP contribution >= 0.6 is 0 Å². The standard InChI is InChI=1S/C12H17N5O3S/c1-17-9-14-16-12(17)8-15-21(18,19)11-4-2-10(3-5-11)20-7-6-13/h2-5,9,15H,6-8,13H2,1H3. The van der Waals surface area contributed by atoms with Gasteiger partial charge in [-0.2, -0.15) is 0 Å². The van der Waals surface area contributed by atoms with E-state index in [1.807, 2.05) is 0 Å². The maximum atomic E-state index is 12.1. The molecular formula is C12H17N5O3S. The maximum Gasteiger partial charge on any atom is 0.240 e. The number of ether oxygens (including phenoxy) is 1. The highest BCUT2D eigenvalue weighted by Crippen LogP contribution is 2.15. The van der Waals surface area contributed by atoms with Crippen LogP contribution < -0.4 is 15.2 Å². The summed E-state index contributed by atoms with van der Waals surface area (Å²) in [6, 6.07) is 6.13. The molecule has 0 atom stereocenters. The zero-order valence-corrected chi connectivity index (χ0v) is 12.4. The van der Waals surface area contributed by atoms with Crippen LogP contribution in [0.15, 0.2) is 35.5 Å². The SMILES string of the molecule is Cn1cnnc1CNS(=O)(=O)c1ccc(OCCN)cc1. The molecule has 0 spiro atoms. The Labute approximate surface area is 123 Å². The van der Waals surface area contributed by atoms with Gasteiger partial charge >= 0.3 is 0 Å². The van der Waals surface area contributed by atoms with E-state index in [1.54, 1.807) is 23.7 Å². The van der Waals surface area contributed by atoms with E-state index in [-0.39, 0.29) is 11.4 Å². The topological polar surface area (TPSA) is 112 Å². The summed E-state index contributed by atoms with van der Waals surface area (Å²) in [6.07, 6.45) is 1.51. The molecular weight excluding hydrogens is 294 g/mol. The molecule has 0 bridgehead atoms. The minimum atomic E-state index is -3.60. The summed E-state index contributed by atoms with van der Waals surface area (Å²) >= 11 is 0. The van der Waals surface area contributed by atoms with Crippen molar-refractivity contribution in [1.82, 2.24) is 19.5 Å². The quantitative estimate of drug-likeness (QED) is 0.721. The van der Waals surface area contributed by atoms with Crippen LogP contribution in [0.25, 0.3) is 0 Å². The van der Waals surface area contributed by atoms with E-state index in [1.165, 1.54) is 18.5 Å². The molecule has 0 saturated carbocycles. The number of nitrogens with two attached hydrogens (primary N) is 1.